The van der Waals surface area contributed by atoms with Gasteiger partial charge >= 0.3 is 11.9 Å². The van der Waals surface area contributed by atoms with E-state index in [0.717, 1.165) is 6.20 Å². The number of carboxylic acids is 1. The standard InChI is InChI=1S/C15H19NO7/c1-8(2)23-15(20)11-13(21-3)12(17)10(14(18)19)6-16(11)9-4-5-22-7-9/h6,8-9H,4-5,7H2,1-3H3,(H,18,19)/t9-/m1/s1. The van der Waals surface area contributed by atoms with Crippen LogP contribution in [0.2, 0.25) is 0 Å². The lowest BCUT2D eigenvalue weighted by molar-refractivity contribution is 0.0354. The minimum Gasteiger partial charge on any atom is -0.491 e. The highest BCUT2D eigenvalue weighted by Crippen LogP contribution is 2.26. The molecule has 1 N–H and O–H groups in total. The largest absolute Gasteiger partial charge is 0.491 e. The van der Waals surface area contributed by atoms with Crippen LogP contribution in [-0.2, 0) is 9.47 Å². The molecule has 8 nitrogen and oxygen atoms in total. The van der Waals surface area contributed by atoms with Crippen LogP contribution in [0.5, 0.6) is 5.75 Å². The number of aromatic nitrogens is 1. The Kier molecular flexibility index (Phi) is 5.05. The van der Waals surface area contributed by atoms with Crippen molar-refractivity contribution in [3.63, 3.8) is 0 Å². The fourth-order valence-corrected chi connectivity index (χ4v) is 2.45. The third-order valence-electron chi connectivity index (χ3n) is 3.46. The summed E-state index contributed by atoms with van der Waals surface area (Å²) in [4.78, 5) is 36.0. The first-order valence-electron chi connectivity index (χ1n) is 7.22. The number of nitrogens with zero attached hydrogens (tertiary/aromatic N) is 1. The van der Waals surface area contributed by atoms with Crippen LogP contribution in [0.25, 0.3) is 0 Å². The number of hydrogen-bond donors (Lipinski definition) is 1. The molecule has 0 unspecified atom stereocenters. The topological polar surface area (TPSA) is 104 Å². The third-order valence-corrected chi connectivity index (χ3v) is 3.46. The molecule has 0 bridgehead atoms. The molecule has 1 aliphatic rings. The van der Waals surface area contributed by atoms with Gasteiger partial charge in [-0.25, -0.2) is 9.59 Å². The van der Waals surface area contributed by atoms with Gasteiger partial charge in [-0.3, -0.25) is 4.79 Å². The predicted molar refractivity (Wildman–Crippen MR) is 79.2 cm³/mol. The highest BCUT2D eigenvalue weighted by molar-refractivity contribution is 5.93. The molecule has 1 aromatic rings. The number of aromatic carboxylic acids is 1. The van der Waals surface area contributed by atoms with Crippen LogP contribution in [0.1, 0.15) is 47.2 Å². The lowest BCUT2D eigenvalue weighted by Crippen LogP contribution is -2.29. The van der Waals surface area contributed by atoms with Crippen molar-refractivity contribution in [3.8, 4) is 5.75 Å². The first-order valence-corrected chi connectivity index (χ1v) is 7.22. The normalized spacial score (nSPS) is 17.3. The number of rotatable bonds is 5. The quantitative estimate of drug-likeness (QED) is 0.808. The summed E-state index contributed by atoms with van der Waals surface area (Å²) in [5, 5.41) is 9.21. The minimum absolute atomic E-state index is 0.0910. The molecule has 1 saturated heterocycles. The Labute approximate surface area is 132 Å². The summed E-state index contributed by atoms with van der Waals surface area (Å²) in [5.41, 5.74) is -1.41. The van der Waals surface area contributed by atoms with Crippen LogP contribution in [0.15, 0.2) is 11.0 Å². The number of esters is 1. The number of carbonyl (C=O) groups is 2. The highest BCUT2D eigenvalue weighted by atomic mass is 16.5. The summed E-state index contributed by atoms with van der Waals surface area (Å²) in [6.07, 6.45) is 1.35. The Balaban J connectivity index is 2.69. The van der Waals surface area contributed by atoms with Gasteiger partial charge in [0.15, 0.2) is 11.4 Å². The van der Waals surface area contributed by atoms with Gasteiger partial charge in [0.05, 0.1) is 25.9 Å². The second kappa shape index (κ2) is 6.82. The van der Waals surface area contributed by atoms with Gasteiger partial charge in [-0.1, -0.05) is 0 Å². The molecule has 2 heterocycles. The van der Waals surface area contributed by atoms with Crippen LogP contribution in [0.4, 0.5) is 0 Å². The van der Waals surface area contributed by atoms with E-state index in [1.807, 2.05) is 0 Å². The number of ether oxygens (including phenoxy) is 3. The first kappa shape index (κ1) is 17.0. The molecule has 1 atom stereocenters. The van der Waals surface area contributed by atoms with Crippen molar-refractivity contribution >= 4 is 11.9 Å². The molecule has 1 aliphatic heterocycles. The van der Waals surface area contributed by atoms with Crippen molar-refractivity contribution in [2.75, 3.05) is 20.3 Å². The van der Waals surface area contributed by atoms with Crippen LogP contribution < -0.4 is 10.2 Å². The van der Waals surface area contributed by atoms with Crippen molar-refractivity contribution < 1.29 is 28.9 Å². The Morgan fingerprint density at radius 3 is 2.61 bits per heavy atom. The van der Waals surface area contributed by atoms with E-state index >= 15 is 0 Å². The van der Waals surface area contributed by atoms with E-state index in [1.165, 1.54) is 11.7 Å². The molecule has 126 valence electrons. The van der Waals surface area contributed by atoms with E-state index in [-0.39, 0.29) is 17.5 Å². The van der Waals surface area contributed by atoms with Gasteiger partial charge in [0.2, 0.25) is 5.43 Å². The number of carboxylic acid groups (broad SMARTS) is 1. The summed E-state index contributed by atoms with van der Waals surface area (Å²) < 4.78 is 16.9. The van der Waals surface area contributed by atoms with Crippen molar-refractivity contribution in [1.29, 1.82) is 0 Å². The average molecular weight is 325 g/mol. The van der Waals surface area contributed by atoms with Gasteiger partial charge in [0, 0.05) is 12.8 Å². The van der Waals surface area contributed by atoms with E-state index in [4.69, 9.17) is 14.2 Å². The van der Waals surface area contributed by atoms with Crippen LogP contribution in [0.3, 0.4) is 0 Å². The zero-order chi connectivity index (χ0) is 17.1. The van der Waals surface area contributed by atoms with E-state index in [9.17, 15) is 19.5 Å². The smallest absolute Gasteiger partial charge is 0.359 e. The fourth-order valence-electron chi connectivity index (χ4n) is 2.45. The summed E-state index contributed by atoms with van der Waals surface area (Å²) in [7, 11) is 1.21. The monoisotopic (exact) mass is 325 g/mol. The van der Waals surface area contributed by atoms with E-state index in [2.05, 4.69) is 0 Å². The van der Waals surface area contributed by atoms with Gasteiger partial charge in [0.25, 0.3) is 0 Å². The molecule has 0 aromatic carbocycles. The van der Waals surface area contributed by atoms with Crippen molar-refractivity contribution in [2.45, 2.75) is 32.4 Å². The fraction of sp³-hybridized carbons (Fsp3) is 0.533. The maximum Gasteiger partial charge on any atom is 0.359 e. The number of pyridine rings is 1. The second-order valence-corrected chi connectivity index (χ2v) is 5.44. The molecule has 0 amide bonds. The summed E-state index contributed by atoms with van der Waals surface area (Å²) >= 11 is 0. The molecule has 1 fully saturated rings. The molecule has 8 heteroatoms. The Morgan fingerprint density at radius 1 is 1.43 bits per heavy atom. The molecule has 0 radical (unpaired) electrons. The van der Waals surface area contributed by atoms with Gasteiger partial charge in [-0.2, -0.15) is 0 Å². The molecule has 23 heavy (non-hydrogen) atoms. The maximum atomic E-state index is 12.4. The van der Waals surface area contributed by atoms with E-state index in [0.29, 0.717) is 19.6 Å². The summed E-state index contributed by atoms with van der Waals surface area (Å²) in [6, 6.07) is -0.266. The second-order valence-electron chi connectivity index (χ2n) is 5.44. The first-order chi connectivity index (χ1) is 10.9. The summed E-state index contributed by atoms with van der Waals surface area (Å²) in [6.45, 7) is 4.15. The zero-order valence-electron chi connectivity index (χ0n) is 13.2. The molecule has 0 spiro atoms. The van der Waals surface area contributed by atoms with Gasteiger partial charge in [-0.05, 0) is 20.3 Å². The Bertz CT molecular complexity index is 671. The van der Waals surface area contributed by atoms with Crippen LogP contribution >= 0.6 is 0 Å². The third kappa shape index (κ3) is 3.37. The Hall–Kier alpha value is -2.35. The molecular weight excluding hydrogens is 306 g/mol. The average Bonchev–Trinajstić information content (AvgIpc) is 2.99. The summed E-state index contributed by atoms with van der Waals surface area (Å²) in [5.74, 6) is -2.45. The lowest BCUT2D eigenvalue weighted by atomic mass is 10.1. The predicted octanol–water partition coefficient (Wildman–Crippen LogP) is 1.08. The molecule has 1 aromatic heterocycles. The number of methoxy groups -OCH3 is 1. The number of hydrogen-bond acceptors (Lipinski definition) is 6. The van der Waals surface area contributed by atoms with Crippen molar-refractivity contribution in [1.82, 2.24) is 4.57 Å². The molecule has 0 saturated carbocycles. The zero-order valence-corrected chi connectivity index (χ0v) is 13.2. The molecule has 0 aliphatic carbocycles. The minimum atomic E-state index is -1.38. The van der Waals surface area contributed by atoms with Gasteiger partial charge < -0.3 is 23.9 Å². The Morgan fingerprint density at radius 2 is 2.13 bits per heavy atom. The molecular formula is C15H19NO7. The SMILES string of the molecule is COc1c(C(=O)OC(C)C)n([C@@H]2CCOC2)cc(C(=O)O)c1=O. The maximum absolute atomic E-state index is 12.4. The molecule has 2 rings (SSSR count). The van der Waals surface area contributed by atoms with Crippen LogP contribution in [-0.4, -0.2) is 48.0 Å². The van der Waals surface area contributed by atoms with E-state index < -0.39 is 29.0 Å². The van der Waals surface area contributed by atoms with Crippen molar-refractivity contribution in [3.05, 3.63) is 27.7 Å². The van der Waals surface area contributed by atoms with Crippen LogP contribution in [0, 0.1) is 0 Å². The highest BCUT2D eigenvalue weighted by Gasteiger charge is 2.30. The van der Waals surface area contributed by atoms with Crippen molar-refractivity contribution in [2.24, 2.45) is 0 Å². The lowest BCUT2D eigenvalue weighted by Gasteiger charge is -2.21. The van der Waals surface area contributed by atoms with Gasteiger partial charge in [-0.15, -0.1) is 0 Å². The van der Waals surface area contributed by atoms with E-state index in [1.54, 1.807) is 13.8 Å². The number of carbonyl (C=O) groups excluding carboxylic acids is 1. The van der Waals surface area contributed by atoms with Gasteiger partial charge in [0.1, 0.15) is 5.56 Å².